The highest BCUT2D eigenvalue weighted by molar-refractivity contribution is 6.12. The van der Waals surface area contributed by atoms with Gasteiger partial charge in [0.05, 0.1) is 17.6 Å². The van der Waals surface area contributed by atoms with Gasteiger partial charge in [-0.1, -0.05) is 0 Å². The number of carbonyl (C=O) groups is 1. The molecule has 9 nitrogen and oxygen atoms in total. The van der Waals surface area contributed by atoms with Gasteiger partial charge >= 0.3 is 0 Å². The number of carbonyl (C=O) groups excluding carboxylic acids is 1. The minimum absolute atomic E-state index is 0.0529. The number of aryl methyl sites for hydroxylation is 2. The lowest BCUT2D eigenvalue weighted by molar-refractivity contribution is 0.102. The molecule has 4 N–H and O–H groups in total. The van der Waals surface area contributed by atoms with Crippen molar-refractivity contribution in [2.75, 3.05) is 5.32 Å². The Morgan fingerprint density at radius 3 is 2.67 bits per heavy atom. The summed E-state index contributed by atoms with van der Waals surface area (Å²) >= 11 is 0. The lowest BCUT2D eigenvalue weighted by atomic mass is 10.1. The van der Waals surface area contributed by atoms with Crippen LogP contribution in [-0.4, -0.2) is 26.1 Å². The lowest BCUT2D eigenvalue weighted by Gasteiger charge is -2.01. The van der Waals surface area contributed by atoms with Crippen molar-refractivity contribution in [3.8, 4) is 0 Å². The fourth-order valence-corrected chi connectivity index (χ4v) is 2.10. The highest BCUT2D eigenvalue weighted by Gasteiger charge is 2.23. The Labute approximate surface area is 116 Å². The largest absolute Gasteiger partial charge is 0.442 e. The van der Waals surface area contributed by atoms with Crippen LogP contribution < -0.4 is 16.4 Å². The summed E-state index contributed by atoms with van der Waals surface area (Å²) < 4.78 is 5.29. The molecular weight excluding hydrogens is 278 g/mol. The maximum atomic E-state index is 12.3. The molecule has 21 heavy (non-hydrogen) atoms. The van der Waals surface area contributed by atoms with Crippen LogP contribution in [0.3, 0.4) is 0 Å². The summed E-state index contributed by atoms with van der Waals surface area (Å²) in [6, 6.07) is 0. The normalized spacial score (nSPS) is 11.0. The van der Waals surface area contributed by atoms with Gasteiger partial charge in [0, 0.05) is 0 Å². The zero-order chi connectivity index (χ0) is 15.1. The average molecular weight is 289 g/mol. The van der Waals surface area contributed by atoms with Crippen molar-refractivity contribution in [2.45, 2.75) is 13.8 Å². The van der Waals surface area contributed by atoms with Crippen molar-refractivity contribution in [1.82, 2.24) is 20.2 Å². The molecule has 108 valence electrons. The van der Waals surface area contributed by atoms with Crippen LogP contribution in [0, 0.1) is 13.8 Å². The van der Waals surface area contributed by atoms with E-state index in [1.165, 1.54) is 6.33 Å². The van der Waals surface area contributed by atoms with Gasteiger partial charge in [-0.2, -0.15) is 0 Å². The van der Waals surface area contributed by atoms with Crippen molar-refractivity contribution in [3.63, 3.8) is 0 Å². The Kier molecular flexibility index (Phi) is 2.75. The molecule has 3 aromatic heterocycles. The third kappa shape index (κ3) is 1.95. The molecule has 0 spiro atoms. The Balaban J connectivity index is 2.13. The Morgan fingerprint density at radius 1 is 1.24 bits per heavy atom. The second-order valence-corrected chi connectivity index (χ2v) is 4.48. The molecule has 0 bridgehead atoms. The standard InChI is InChI=1S/C12H11N5O4/c1-4-8(11(20)17-16-4)15-10(19)6-5(2)21-12-7(6)9(18)13-3-14-12/h3H,1-2H3,(H,15,19)(H,13,14,18)(H2,16,17,20). The molecule has 0 aliphatic heterocycles. The molecule has 0 aromatic carbocycles. The summed E-state index contributed by atoms with van der Waals surface area (Å²) in [5, 5.41) is 7.47. The van der Waals surface area contributed by atoms with E-state index in [1.807, 2.05) is 0 Å². The molecule has 3 rings (SSSR count). The molecule has 3 aromatic rings. The highest BCUT2D eigenvalue weighted by Crippen LogP contribution is 2.21. The molecule has 0 atom stereocenters. The first-order valence-corrected chi connectivity index (χ1v) is 6.04. The van der Waals surface area contributed by atoms with E-state index in [4.69, 9.17) is 4.42 Å². The molecule has 1 amide bonds. The number of rotatable bonds is 2. The second kappa shape index (κ2) is 4.47. The predicted molar refractivity (Wildman–Crippen MR) is 73.5 cm³/mol. The Morgan fingerprint density at radius 2 is 2.00 bits per heavy atom. The number of H-pyrrole nitrogens is 3. The summed E-state index contributed by atoms with van der Waals surface area (Å²) in [7, 11) is 0. The highest BCUT2D eigenvalue weighted by atomic mass is 16.3. The van der Waals surface area contributed by atoms with Crippen LogP contribution in [0.4, 0.5) is 5.69 Å². The molecule has 0 unspecified atom stereocenters. The first-order chi connectivity index (χ1) is 9.99. The van der Waals surface area contributed by atoms with Crippen LogP contribution in [0.15, 0.2) is 20.3 Å². The van der Waals surface area contributed by atoms with Crippen molar-refractivity contribution >= 4 is 22.7 Å². The quantitative estimate of drug-likeness (QED) is 0.541. The number of anilines is 1. The van der Waals surface area contributed by atoms with Gasteiger partial charge in [0.15, 0.2) is 0 Å². The van der Waals surface area contributed by atoms with Gasteiger partial charge in [0.1, 0.15) is 16.8 Å². The van der Waals surface area contributed by atoms with Gasteiger partial charge in [-0.15, -0.1) is 0 Å². The molecule has 0 fully saturated rings. The van der Waals surface area contributed by atoms with E-state index in [1.54, 1.807) is 13.8 Å². The zero-order valence-electron chi connectivity index (χ0n) is 11.2. The summed E-state index contributed by atoms with van der Waals surface area (Å²) in [5.74, 6) is -0.366. The van der Waals surface area contributed by atoms with Crippen LogP contribution in [-0.2, 0) is 0 Å². The van der Waals surface area contributed by atoms with Crippen molar-refractivity contribution in [1.29, 1.82) is 0 Å². The molecule has 0 aliphatic rings. The third-order valence-electron chi connectivity index (χ3n) is 3.10. The molecule has 0 radical (unpaired) electrons. The second-order valence-electron chi connectivity index (χ2n) is 4.48. The van der Waals surface area contributed by atoms with E-state index in [0.29, 0.717) is 5.69 Å². The van der Waals surface area contributed by atoms with Gasteiger partial charge in [0.2, 0.25) is 5.71 Å². The Hall–Kier alpha value is -3.10. The number of hydrogen-bond donors (Lipinski definition) is 4. The topological polar surface area (TPSA) is 137 Å². The van der Waals surface area contributed by atoms with Gasteiger partial charge in [0.25, 0.3) is 17.0 Å². The van der Waals surface area contributed by atoms with Crippen molar-refractivity contribution in [2.24, 2.45) is 0 Å². The maximum absolute atomic E-state index is 12.3. The van der Waals surface area contributed by atoms with Crippen LogP contribution in [0.1, 0.15) is 21.8 Å². The smallest absolute Gasteiger partial charge is 0.287 e. The van der Waals surface area contributed by atoms with Crippen molar-refractivity contribution in [3.05, 3.63) is 44.1 Å². The van der Waals surface area contributed by atoms with E-state index in [2.05, 4.69) is 25.5 Å². The van der Waals surface area contributed by atoms with E-state index in [0.717, 1.165) is 0 Å². The maximum Gasteiger partial charge on any atom is 0.287 e. The van der Waals surface area contributed by atoms with Gasteiger partial charge in [-0.05, 0) is 13.8 Å². The fourth-order valence-electron chi connectivity index (χ4n) is 2.10. The number of fused-ring (bicyclic) bond motifs is 1. The molecule has 3 heterocycles. The predicted octanol–water partition coefficient (Wildman–Crippen LogP) is 0.402. The number of aromatic nitrogens is 4. The third-order valence-corrected chi connectivity index (χ3v) is 3.10. The summed E-state index contributed by atoms with van der Waals surface area (Å²) in [6.45, 7) is 3.17. The van der Waals surface area contributed by atoms with E-state index in [-0.39, 0.29) is 28.1 Å². The van der Waals surface area contributed by atoms with E-state index >= 15 is 0 Å². The first-order valence-electron chi connectivity index (χ1n) is 6.04. The molecule has 9 heteroatoms. The van der Waals surface area contributed by atoms with E-state index in [9.17, 15) is 14.4 Å². The molecular formula is C12H11N5O4. The van der Waals surface area contributed by atoms with Gasteiger partial charge in [-0.3, -0.25) is 19.5 Å². The van der Waals surface area contributed by atoms with E-state index < -0.39 is 17.0 Å². The first kappa shape index (κ1) is 12.9. The monoisotopic (exact) mass is 289 g/mol. The summed E-state index contributed by atoms with van der Waals surface area (Å²) in [5.41, 5.74) is -0.250. The number of furan rings is 1. The molecule has 0 aliphatic carbocycles. The number of aromatic amines is 3. The van der Waals surface area contributed by atoms with Crippen LogP contribution in [0.25, 0.3) is 11.1 Å². The number of nitrogens with one attached hydrogen (secondary N) is 4. The summed E-state index contributed by atoms with van der Waals surface area (Å²) in [4.78, 5) is 42.0. The average Bonchev–Trinajstić information content (AvgIpc) is 2.93. The van der Waals surface area contributed by atoms with Crippen LogP contribution >= 0.6 is 0 Å². The fraction of sp³-hybridized carbons (Fsp3) is 0.167. The van der Waals surface area contributed by atoms with Gasteiger partial charge < -0.3 is 19.8 Å². The van der Waals surface area contributed by atoms with Gasteiger partial charge in [-0.25, -0.2) is 4.98 Å². The van der Waals surface area contributed by atoms with Crippen LogP contribution in [0.5, 0.6) is 0 Å². The number of amides is 1. The molecule has 0 saturated carbocycles. The number of nitrogens with zero attached hydrogens (tertiary/aromatic N) is 1. The van der Waals surface area contributed by atoms with Crippen molar-refractivity contribution < 1.29 is 9.21 Å². The summed E-state index contributed by atoms with van der Waals surface area (Å²) in [6.07, 6.45) is 1.19. The number of hydrogen-bond acceptors (Lipinski definition) is 5. The SMILES string of the molecule is Cc1[nH][nH]c(=O)c1NC(=O)c1c(C)oc2nc[nH]c(=O)c12. The zero-order valence-corrected chi connectivity index (χ0v) is 11.2. The Bertz CT molecular complexity index is 958. The van der Waals surface area contributed by atoms with Crippen LogP contribution in [0.2, 0.25) is 0 Å². The minimum Gasteiger partial charge on any atom is -0.442 e. The minimum atomic E-state index is -0.613. The molecule has 0 saturated heterocycles. The lowest BCUT2D eigenvalue weighted by Crippen LogP contribution is -2.20.